The van der Waals surface area contributed by atoms with Crippen molar-refractivity contribution in [2.75, 3.05) is 20.3 Å². The van der Waals surface area contributed by atoms with Crippen LogP contribution in [-0.2, 0) is 21.3 Å². The first kappa shape index (κ1) is 21.4. The first-order valence-corrected chi connectivity index (χ1v) is 10.5. The van der Waals surface area contributed by atoms with Crippen LogP contribution < -0.4 is 14.2 Å². The van der Waals surface area contributed by atoms with Crippen molar-refractivity contribution < 1.29 is 31.8 Å². The molecule has 2 aromatic carbocycles. The Morgan fingerprint density at radius 3 is 2.47 bits per heavy atom. The largest absolute Gasteiger partial charge is 0.497 e. The topological polar surface area (TPSA) is 104 Å². The fourth-order valence-electron chi connectivity index (χ4n) is 2.50. The Labute approximate surface area is 174 Å². The number of nitrogens with one attached hydrogen (secondary N) is 1. The van der Waals surface area contributed by atoms with Crippen LogP contribution in [0, 0.1) is 0 Å². The van der Waals surface area contributed by atoms with Gasteiger partial charge in [-0.2, -0.15) is 0 Å². The lowest BCUT2D eigenvalue weighted by molar-refractivity contribution is 0.0450. The van der Waals surface area contributed by atoms with E-state index in [0.29, 0.717) is 17.3 Å². The second-order valence-electron chi connectivity index (χ2n) is 6.09. The van der Waals surface area contributed by atoms with Crippen LogP contribution in [0.4, 0.5) is 0 Å². The number of benzene rings is 2. The summed E-state index contributed by atoms with van der Waals surface area (Å²) in [6, 6.07) is 15.9. The maximum absolute atomic E-state index is 12.4. The predicted octanol–water partition coefficient (Wildman–Crippen LogP) is 3.00. The summed E-state index contributed by atoms with van der Waals surface area (Å²) in [4.78, 5) is 12.2. The van der Waals surface area contributed by atoms with Crippen molar-refractivity contribution in [3.63, 3.8) is 0 Å². The van der Waals surface area contributed by atoms with E-state index < -0.39 is 16.0 Å². The predicted molar refractivity (Wildman–Crippen MR) is 108 cm³/mol. The second kappa shape index (κ2) is 9.95. The van der Waals surface area contributed by atoms with Crippen LogP contribution in [0.3, 0.4) is 0 Å². The number of furan rings is 1. The maximum Gasteiger partial charge on any atom is 0.338 e. The van der Waals surface area contributed by atoms with Crippen LogP contribution in [0.5, 0.6) is 11.5 Å². The molecule has 0 spiro atoms. The first-order valence-electron chi connectivity index (χ1n) is 9.04. The average Bonchev–Trinajstić information content (AvgIpc) is 3.29. The van der Waals surface area contributed by atoms with Crippen LogP contribution in [-0.4, -0.2) is 34.7 Å². The van der Waals surface area contributed by atoms with Gasteiger partial charge in [-0.15, -0.1) is 0 Å². The molecule has 0 aliphatic carbocycles. The van der Waals surface area contributed by atoms with Gasteiger partial charge in [-0.3, -0.25) is 0 Å². The van der Waals surface area contributed by atoms with Crippen LogP contribution in [0.15, 0.2) is 76.2 Å². The number of hydrogen-bond donors (Lipinski definition) is 1. The zero-order valence-electron chi connectivity index (χ0n) is 16.2. The molecular formula is C21H21NO7S. The number of rotatable bonds is 10. The Morgan fingerprint density at radius 2 is 1.77 bits per heavy atom. The van der Waals surface area contributed by atoms with E-state index in [9.17, 15) is 13.2 Å². The van der Waals surface area contributed by atoms with E-state index in [4.69, 9.17) is 18.6 Å². The van der Waals surface area contributed by atoms with Crippen molar-refractivity contribution in [1.82, 2.24) is 4.72 Å². The van der Waals surface area contributed by atoms with Crippen molar-refractivity contribution >= 4 is 16.0 Å². The number of carbonyl (C=O) groups excluding carboxylic acids is 1. The lowest BCUT2D eigenvalue weighted by atomic mass is 10.2. The molecule has 1 N–H and O–H groups in total. The van der Waals surface area contributed by atoms with Gasteiger partial charge in [-0.1, -0.05) is 6.07 Å². The summed E-state index contributed by atoms with van der Waals surface area (Å²) in [6.07, 6.45) is 1.46. The summed E-state index contributed by atoms with van der Waals surface area (Å²) in [5, 5.41) is 0. The highest BCUT2D eigenvalue weighted by Crippen LogP contribution is 2.17. The monoisotopic (exact) mass is 431 g/mol. The van der Waals surface area contributed by atoms with Crippen LogP contribution in [0.1, 0.15) is 16.1 Å². The second-order valence-corrected chi connectivity index (χ2v) is 7.86. The first-order chi connectivity index (χ1) is 14.5. The van der Waals surface area contributed by atoms with E-state index in [1.165, 1.54) is 30.5 Å². The van der Waals surface area contributed by atoms with Crippen molar-refractivity contribution in [2.45, 2.75) is 11.4 Å². The smallest absolute Gasteiger partial charge is 0.338 e. The van der Waals surface area contributed by atoms with Gasteiger partial charge in [0.05, 0.1) is 30.4 Å². The van der Waals surface area contributed by atoms with Gasteiger partial charge in [0.15, 0.2) is 0 Å². The Balaban J connectivity index is 1.52. The Kier molecular flexibility index (Phi) is 7.10. The molecule has 30 heavy (non-hydrogen) atoms. The molecule has 0 aliphatic heterocycles. The van der Waals surface area contributed by atoms with Gasteiger partial charge in [0.25, 0.3) is 0 Å². The molecule has 0 aliphatic rings. The number of methoxy groups -OCH3 is 1. The molecule has 0 fully saturated rings. The molecule has 1 heterocycles. The average molecular weight is 431 g/mol. The van der Waals surface area contributed by atoms with Crippen molar-refractivity contribution in [1.29, 1.82) is 0 Å². The van der Waals surface area contributed by atoms with E-state index in [1.54, 1.807) is 43.5 Å². The highest BCUT2D eigenvalue weighted by atomic mass is 32.2. The summed E-state index contributed by atoms with van der Waals surface area (Å²) < 4.78 is 48.1. The number of esters is 1. The number of ether oxygens (including phenoxy) is 3. The Morgan fingerprint density at radius 1 is 1.00 bits per heavy atom. The normalized spacial score (nSPS) is 11.1. The number of hydrogen-bond acceptors (Lipinski definition) is 7. The molecule has 0 atom stereocenters. The van der Waals surface area contributed by atoms with Gasteiger partial charge in [-0.05, 0) is 54.6 Å². The number of carbonyl (C=O) groups is 1. The summed E-state index contributed by atoms with van der Waals surface area (Å²) in [5.41, 5.74) is 0.125. The summed E-state index contributed by atoms with van der Waals surface area (Å²) in [5.74, 6) is 1.16. The van der Waals surface area contributed by atoms with Crippen LogP contribution in [0.25, 0.3) is 0 Å². The SMILES string of the molecule is COc1ccc(OCCOC(=O)c2cccc(S(=O)(=O)NCc3ccco3)c2)cc1. The molecule has 0 saturated heterocycles. The molecular weight excluding hydrogens is 410 g/mol. The quantitative estimate of drug-likeness (QED) is 0.389. The Bertz CT molecular complexity index is 1060. The minimum absolute atomic E-state index is 0.00665. The van der Waals surface area contributed by atoms with Crippen LogP contribution >= 0.6 is 0 Å². The van der Waals surface area contributed by atoms with Gasteiger partial charge in [-0.25, -0.2) is 17.9 Å². The summed E-state index contributed by atoms with van der Waals surface area (Å²) >= 11 is 0. The minimum atomic E-state index is -3.81. The number of sulfonamides is 1. The fraction of sp³-hybridized carbons (Fsp3) is 0.190. The maximum atomic E-state index is 12.4. The standard InChI is InChI=1S/C21H21NO7S/c1-26-17-7-9-18(10-8-17)28-12-13-29-21(23)16-4-2-6-20(14-16)30(24,25)22-15-19-5-3-11-27-19/h2-11,14,22H,12-13,15H2,1H3. The van der Waals surface area contributed by atoms with Gasteiger partial charge in [0, 0.05) is 0 Å². The van der Waals surface area contributed by atoms with E-state index in [1.807, 2.05) is 0 Å². The highest BCUT2D eigenvalue weighted by molar-refractivity contribution is 7.89. The van der Waals surface area contributed by atoms with Gasteiger partial charge in [0.2, 0.25) is 10.0 Å². The molecule has 0 radical (unpaired) electrons. The molecule has 3 rings (SSSR count). The molecule has 0 amide bonds. The molecule has 0 unspecified atom stereocenters. The zero-order chi connectivity index (χ0) is 21.4. The van der Waals surface area contributed by atoms with Crippen molar-refractivity contribution in [3.8, 4) is 11.5 Å². The van der Waals surface area contributed by atoms with Crippen molar-refractivity contribution in [2.24, 2.45) is 0 Å². The fourth-order valence-corrected chi connectivity index (χ4v) is 3.54. The Hall–Kier alpha value is -3.30. The van der Waals surface area contributed by atoms with Gasteiger partial charge in [0.1, 0.15) is 30.5 Å². The van der Waals surface area contributed by atoms with E-state index in [-0.39, 0.29) is 30.2 Å². The lowest BCUT2D eigenvalue weighted by Crippen LogP contribution is -2.23. The molecule has 8 nitrogen and oxygen atoms in total. The zero-order valence-corrected chi connectivity index (χ0v) is 17.1. The third kappa shape index (κ3) is 5.85. The molecule has 1 aromatic heterocycles. The van der Waals surface area contributed by atoms with E-state index in [2.05, 4.69) is 4.72 Å². The third-order valence-corrected chi connectivity index (χ3v) is 5.44. The lowest BCUT2D eigenvalue weighted by Gasteiger charge is -2.09. The minimum Gasteiger partial charge on any atom is -0.497 e. The highest BCUT2D eigenvalue weighted by Gasteiger charge is 2.17. The molecule has 158 valence electrons. The summed E-state index contributed by atoms with van der Waals surface area (Å²) in [6.45, 7) is 0.173. The molecule has 3 aromatic rings. The van der Waals surface area contributed by atoms with Crippen molar-refractivity contribution in [3.05, 3.63) is 78.3 Å². The molecule has 9 heteroatoms. The molecule has 0 bridgehead atoms. The third-order valence-electron chi connectivity index (χ3n) is 4.04. The van der Waals surface area contributed by atoms with E-state index >= 15 is 0 Å². The van der Waals surface area contributed by atoms with Gasteiger partial charge < -0.3 is 18.6 Å². The van der Waals surface area contributed by atoms with E-state index in [0.717, 1.165) is 0 Å². The van der Waals surface area contributed by atoms with Gasteiger partial charge >= 0.3 is 5.97 Å². The summed E-state index contributed by atoms with van der Waals surface area (Å²) in [7, 11) is -2.24. The molecule has 0 saturated carbocycles. The van der Waals surface area contributed by atoms with Crippen LogP contribution in [0.2, 0.25) is 0 Å².